The van der Waals surface area contributed by atoms with Crippen LogP contribution in [0.2, 0.25) is 0 Å². The minimum absolute atomic E-state index is 0.771. The number of benzene rings is 1. The zero-order chi connectivity index (χ0) is 21.0. The summed E-state index contributed by atoms with van der Waals surface area (Å²) in [5.74, 6) is 2.80. The van der Waals surface area contributed by atoms with Crippen molar-refractivity contribution in [1.82, 2.24) is 4.98 Å². The summed E-state index contributed by atoms with van der Waals surface area (Å²) in [6.07, 6.45) is 18.2. The van der Waals surface area contributed by atoms with Crippen molar-refractivity contribution in [2.24, 2.45) is 11.8 Å². The Kier molecular flexibility index (Phi) is 9.73. The first-order valence-electron chi connectivity index (χ1n) is 12.5. The Balaban J connectivity index is 1.45. The molecule has 2 atom stereocenters. The van der Waals surface area contributed by atoms with E-state index in [2.05, 4.69) is 49.2 Å². The van der Waals surface area contributed by atoms with Gasteiger partial charge in [-0.25, -0.2) is 0 Å². The van der Waals surface area contributed by atoms with Crippen LogP contribution in [0.25, 0.3) is 11.3 Å². The van der Waals surface area contributed by atoms with Crippen molar-refractivity contribution in [2.45, 2.75) is 90.9 Å². The lowest BCUT2D eigenvalue weighted by Crippen LogP contribution is -2.16. The van der Waals surface area contributed by atoms with Gasteiger partial charge in [-0.15, -0.1) is 0 Å². The van der Waals surface area contributed by atoms with Crippen LogP contribution in [0.4, 0.5) is 0 Å². The van der Waals surface area contributed by atoms with E-state index in [9.17, 15) is 0 Å². The average molecular weight is 408 g/mol. The maximum absolute atomic E-state index is 5.72. The Labute approximate surface area is 184 Å². The van der Waals surface area contributed by atoms with Gasteiger partial charge >= 0.3 is 0 Å². The van der Waals surface area contributed by atoms with Crippen LogP contribution in [0.5, 0.6) is 5.75 Å². The first-order chi connectivity index (χ1) is 14.8. The van der Waals surface area contributed by atoms with Crippen LogP contribution < -0.4 is 4.74 Å². The molecule has 0 aliphatic heterocycles. The summed E-state index contributed by atoms with van der Waals surface area (Å²) >= 11 is 0. The highest BCUT2D eigenvalue weighted by Crippen LogP contribution is 2.35. The molecule has 0 radical (unpaired) electrons. The van der Waals surface area contributed by atoms with E-state index in [1.54, 1.807) is 0 Å². The van der Waals surface area contributed by atoms with Crippen LogP contribution in [0.1, 0.15) is 90.0 Å². The van der Waals surface area contributed by atoms with Gasteiger partial charge in [-0.3, -0.25) is 4.98 Å². The Bertz CT molecular complexity index is 706. The molecule has 0 amide bonds. The fraction of sp³-hybridized carbons (Fsp3) is 0.607. The minimum atomic E-state index is 0.771. The summed E-state index contributed by atoms with van der Waals surface area (Å²) < 4.78 is 5.72. The highest BCUT2D eigenvalue weighted by molar-refractivity contribution is 5.59. The van der Waals surface area contributed by atoms with Crippen molar-refractivity contribution in [2.75, 3.05) is 6.61 Å². The molecule has 0 saturated heterocycles. The van der Waals surface area contributed by atoms with Crippen LogP contribution in [0, 0.1) is 11.8 Å². The number of pyridine rings is 1. The van der Waals surface area contributed by atoms with E-state index >= 15 is 0 Å². The Morgan fingerprint density at radius 3 is 2.33 bits per heavy atom. The van der Waals surface area contributed by atoms with E-state index in [1.165, 1.54) is 75.3 Å². The number of ether oxygens (including phenoxy) is 1. The van der Waals surface area contributed by atoms with Crippen molar-refractivity contribution < 1.29 is 4.74 Å². The van der Waals surface area contributed by atoms with Gasteiger partial charge in [0.2, 0.25) is 0 Å². The molecule has 1 aromatic carbocycles. The molecule has 2 nitrogen and oxygen atoms in total. The monoisotopic (exact) mass is 407 g/mol. The molecule has 1 heterocycles. The number of hydrogen-bond donors (Lipinski definition) is 0. The zero-order valence-electron chi connectivity index (χ0n) is 19.2. The normalized spacial score (nSPS) is 19.0. The van der Waals surface area contributed by atoms with Crippen molar-refractivity contribution >= 4 is 0 Å². The zero-order valence-corrected chi connectivity index (χ0v) is 19.2. The van der Waals surface area contributed by atoms with Crippen LogP contribution in [0.3, 0.4) is 0 Å². The van der Waals surface area contributed by atoms with Gasteiger partial charge < -0.3 is 4.74 Å². The third-order valence-corrected chi connectivity index (χ3v) is 6.70. The molecule has 30 heavy (non-hydrogen) atoms. The number of aryl methyl sites for hydroxylation is 1. The standard InChI is InChI=1S/C28H41NO/c1-3-5-7-9-24-10-8-11-25(21-24)13-12-23-14-16-26(17-15-23)28-19-18-27(22-29-28)30-20-6-4-2/h14-19,22,24-25H,3-13,20-21H2,1-2H3. The lowest BCUT2D eigenvalue weighted by molar-refractivity contribution is 0.240. The number of nitrogens with zero attached hydrogens (tertiary/aromatic N) is 1. The lowest BCUT2D eigenvalue weighted by atomic mass is 9.77. The van der Waals surface area contributed by atoms with Gasteiger partial charge in [-0.05, 0) is 55.2 Å². The van der Waals surface area contributed by atoms with Crippen molar-refractivity contribution in [3.05, 3.63) is 48.2 Å². The summed E-state index contributed by atoms with van der Waals surface area (Å²) in [7, 11) is 0. The molecule has 0 bridgehead atoms. The SMILES string of the molecule is CCCCCC1CCCC(CCc2ccc(-c3ccc(OCCCC)cn3)cc2)C1. The van der Waals surface area contributed by atoms with Gasteiger partial charge in [0.25, 0.3) is 0 Å². The second-order valence-corrected chi connectivity index (χ2v) is 9.21. The summed E-state index contributed by atoms with van der Waals surface area (Å²) in [5.41, 5.74) is 3.67. The molecular formula is C28H41NO. The number of rotatable bonds is 12. The molecule has 1 saturated carbocycles. The summed E-state index contributed by atoms with van der Waals surface area (Å²) in [6.45, 7) is 5.25. The molecule has 1 aromatic heterocycles. The van der Waals surface area contributed by atoms with E-state index in [-0.39, 0.29) is 0 Å². The van der Waals surface area contributed by atoms with E-state index in [4.69, 9.17) is 4.74 Å². The molecule has 1 aliphatic rings. The van der Waals surface area contributed by atoms with Crippen LogP contribution in [-0.4, -0.2) is 11.6 Å². The van der Waals surface area contributed by atoms with Gasteiger partial charge in [0.15, 0.2) is 0 Å². The van der Waals surface area contributed by atoms with E-state index in [0.717, 1.165) is 42.7 Å². The maximum Gasteiger partial charge on any atom is 0.137 e. The van der Waals surface area contributed by atoms with E-state index < -0.39 is 0 Å². The molecule has 1 aliphatic carbocycles. The Morgan fingerprint density at radius 1 is 0.867 bits per heavy atom. The van der Waals surface area contributed by atoms with Gasteiger partial charge in [-0.1, -0.05) is 89.5 Å². The Morgan fingerprint density at radius 2 is 1.63 bits per heavy atom. The van der Waals surface area contributed by atoms with Crippen LogP contribution in [0.15, 0.2) is 42.6 Å². The fourth-order valence-corrected chi connectivity index (χ4v) is 4.79. The largest absolute Gasteiger partial charge is 0.492 e. The molecule has 2 heteroatoms. The predicted molar refractivity (Wildman–Crippen MR) is 128 cm³/mol. The minimum Gasteiger partial charge on any atom is -0.492 e. The predicted octanol–water partition coefficient (Wildman–Crippen LogP) is 8.25. The van der Waals surface area contributed by atoms with Gasteiger partial charge in [0.1, 0.15) is 5.75 Å². The van der Waals surface area contributed by atoms with Crippen molar-refractivity contribution in [3.63, 3.8) is 0 Å². The molecule has 2 unspecified atom stereocenters. The highest BCUT2D eigenvalue weighted by atomic mass is 16.5. The molecule has 164 valence electrons. The first-order valence-corrected chi connectivity index (χ1v) is 12.5. The summed E-state index contributed by atoms with van der Waals surface area (Å²) in [4.78, 5) is 4.59. The molecule has 0 N–H and O–H groups in total. The topological polar surface area (TPSA) is 22.1 Å². The van der Waals surface area contributed by atoms with E-state index in [1.807, 2.05) is 12.3 Å². The lowest BCUT2D eigenvalue weighted by Gasteiger charge is -2.29. The van der Waals surface area contributed by atoms with Gasteiger partial charge in [0.05, 0.1) is 18.5 Å². The van der Waals surface area contributed by atoms with Gasteiger partial charge in [0, 0.05) is 5.56 Å². The molecule has 1 fully saturated rings. The van der Waals surface area contributed by atoms with Crippen molar-refractivity contribution in [1.29, 1.82) is 0 Å². The summed E-state index contributed by atoms with van der Waals surface area (Å²) in [6, 6.07) is 13.1. The molecule has 2 aromatic rings. The maximum atomic E-state index is 5.72. The quantitative estimate of drug-likeness (QED) is 0.330. The van der Waals surface area contributed by atoms with Crippen LogP contribution in [-0.2, 0) is 6.42 Å². The smallest absolute Gasteiger partial charge is 0.137 e. The second-order valence-electron chi connectivity index (χ2n) is 9.21. The number of unbranched alkanes of at least 4 members (excludes halogenated alkanes) is 3. The summed E-state index contributed by atoms with van der Waals surface area (Å²) in [5, 5.41) is 0. The van der Waals surface area contributed by atoms with Crippen molar-refractivity contribution in [3.8, 4) is 17.0 Å². The molecule has 0 spiro atoms. The van der Waals surface area contributed by atoms with E-state index in [0.29, 0.717) is 0 Å². The highest BCUT2D eigenvalue weighted by Gasteiger charge is 2.21. The fourth-order valence-electron chi connectivity index (χ4n) is 4.79. The molecule has 3 rings (SSSR count). The second kappa shape index (κ2) is 12.8. The third kappa shape index (κ3) is 7.45. The number of aromatic nitrogens is 1. The van der Waals surface area contributed by atoms with Crippen LogP contribution >= 0.6 is 0 Å². The number of hydrogen-bond acceptors (Lipinski definition) is 2. The molecular weight excluding hydrogens is 366 g/mol. The first kappa shape index (κ1) is 22.8. The Hall–Kier alpha value is -1.83. The third-order valence-electron chi connectivity index (χ3n) is 6.70. The van der Waals surface area contributed by atoms with Gasteiger partial charge in [-0.2, -0.15) is 0 Å². The average Bonchev–Trinajstić information content (AvgIpc) is 2.79.